The largest absolute Gasteiger partial charge is 0.493 e. The number of non-ortho nitro benzene ring substituents is 1. The summed E-state index contributed by atoms with van der Waals surface area (Å²) in [7, 11) is 0. The number of nitro groups is 1. The smallest absolute Gasteiger partial charge is 0.312 e. The van der Waals surface area contributed by atoms with Crippen LogP contribution in [0.15, 0.2) is 54.7 Å². The van der Waals surface area contributed by atoms with Gasteiger partial charge in [0.1, 0.15) is 11.4 Å². The second kappa shape index (κ2) is 8.90. The molecule has 156 valence electrons. The second-order valence-electron chi connectivity index (χ2n) is 7.90. The van der Waals surface area contributed by atoms with Crippen LogP contribution in [0.2, 0.25) is 0 Å². The van der Waals surface area contributed by atoms with E-state index in [1.807, 2.05) is 45.0 Å². The van der Waals surface area contributed by atoms with Gasteiger partial charge < -0.3 is 9.47 Å². The first-order valence-electron chi connectivity index (χ1n) is 9.67. The zero-order valence-electron chi connectivity index (χ0n) is 17.3. The number of rotatable bonds is 7. The molecule has 0 radical (unpaired) electrons. The lowest BCUT2D eigenvalue weighted by atomic mass is 10.1. The van der Waals surface area contributed by atoms with Crippen molar-refractivity contribution in [3.8, 4) is 5.75 Å². The third kappa shape index (κ3) is 5.53. The van der Waals surface area contributed by atoms with E-state index >= 15 is 0 Å². The van der Waals surface area contributed by atoms with Crippen LogP contribution in [0, 0.1) is 10.1 Å². The molecule has 1 aromatic heterocycles. The Kier molecular flexibility index (Phi) is 6.30. The molecule has 0 bridgehead atoms. The van der Waals surface area contributed by atoms with Crippen LogP contribution in [-0.4, -0.2) is 28.1 Å². The van der Waals surface area contributed by atoms with Crippen LogP contribution in [-0.2, 0) is 22.4 Å². The maximum atomic E-state index is 12.0. The number of hydrogen-bond donors (Lipinski definition) is 0. The highest BCUT2D eigenvalue weighted by molar-refractivity contribution is 5.95. The van der Waals surface area contributed by atoms with Crippen LogP contribution < -0.4 is 4.74 Å². The fourth-order valence-corrected chi connectivity index (χ4v) is 3.13. The highest BCUT2D eigenvalue weighted by Gasteiger charge is 2.17. The number of aromatic nitrogens is 1. The Morgan fingerprint density at radius 3 is 2.53 bits per heavy atom. The average molecular weight is 408 g/mol. The molecule has 0 unspecified atom stereocenters. The average Bonchev–Trinajstić information content (AvgIpc) is 2.66. The summed E-state index contributed by atoms with van der Waals surface area (Å²) >= 11 is 0. The molecular weight excluding hydrogens is 384 g/mol. The molecule has 0 fully saturated rings. The molecule has 0 atom stereocenters. The van der Waals surface area contributed by atoms with Crippen molar-refractivity contribution in [1.82, 2.24) is 4.98 Å². The number of pyridine rings is 1. The van der Waals surface area contributed by atoms with E-state index in [9.17, 15) is 14.9 Å². The van der Waals surface area contributed by atoms with Crippen molar-refractivity contribution < 1.29 is 19.2 Å². The number of hydrogen-bond acceptors (Lipinski definition) is 6. The summed E-state index contributed by atoms with van der Waals surface area (Å²) in [6.45, 7) is 5.87. The van der Waals surface area contributed by atoms with Crippen LogP contribution in [0.3, 0.4) is 0 Å². The summed E-state index contributed by atoms with van der Waals surface area (Å²) in [4.78, 5) is 27.1. The monoisotopic (exact) mass is 408 g/mol. The number of nitrogens with zero attached hydrogens (tertiary/aromatic N) is 2. The minimum Gasteiger partial charge on any atom is -0.493 e. The van der Waals surface area contributed by atoms with Crippen molar-refractivity contribution in [1.29, 1.82) is 0 Å². The third-order valence-electron chi connectivity index (χ3n) is 4.33. The van der Waals surface area contributed by atoms with Gasteiger partial charge in [0.25, 0.3) is 5.69 Å². The van der Waals surface area contributed by atoms with Gasteiger partial charge in [0.05, 0.1) is 29.0 Å². The zero-order valence-corrected chi connectivity index (χ0v) is 17.3. The lowest BCUT2D eigenvalue weighted by Crippen LogP contribution is -2.25. The minimum absolute atomic E-state index is 0.0545. The van der Waals surface area contributed by atoms with Crippen LogP contribution >= 0.6 is 0 Å². The van der Waals surface area contributed by atoms with Crippen molar-refractivity contribution in [2.24, 2.45) is 0 Å². The van der Waals surface area contributed by atoms with E-state index in [-0.39, 0.29) is 18.1 Å². The summed E-state index contributed by atoms with van der Waals surface area (Å²) in [5.41, 5.74) is 1.15. The van der Waals surface area contributed by atoms with E-state index in [2.05, 4.69) is 4.98 Å². The maximum absolute atomic E-state index is 12.0. The van der Waals surface area contributed by atoms with Crippen molar-refractivity contribution in [2.45, 2.75) is 39.2 Å². The quantitative estimate of drug-likeness (QED) is 0.321. The number of carbonyl (C=O) groups excluding carboxylic acids is 1. The first-order chi connectivity index (χ1) is 14.2. The molecule has 0 aliphatic heterocycles. The maximum Gasteiger partial charge on any atom is 0.312 e. The molecule has 0 N–H and O–H groups in total. The number of nitro benzene ring substituents is 1. The summed E-state index contributed by atoms with van der Waals surface area (Å²) in [5.74, 6) is 0.278. The number of benzene rings is 2. The topological polar surface area (TPSA) is 91.6 Å². The Bertz CT molecular complexity index is 1070. The molecule has 0 saturated carbocycles. The predicted molar refractivity (Wildman–Crippen MR) is 114 cm³/mol. The van der Waals surface area contributed by atoms with Crippen molar-refractivity contribution >= 4 is 22.4 Å². The van der Waals surface area contributed by atoms with Gasteiger partial charge in [0, 0.05) is 24.1 Å². The van der Waals surface area contributed by atoms with Gasteiger partial charge in [-0.05, 0) is 50.6 Å². The normalized spacial score (nSPS) is 11.3. The first-order valence-corrected chi connectivity index (χ1v) is 9.67. The zero-order chi connectivity index (χ0) is 21.7. The van der Waals surface area contributed by atoms with Crippen LogP contribution in [0.25, 0.3) is 10.8 Å². The second-order valence-corrected chi connectivity index (χ2v) is 7.90. The molecule has 0 aliphatic carbocycles. The van der Waals surface area contributed by atoms with Crippen molar-refractivity contribution in [3.63, 3.8) is 0 Å². The standard InChI is InChI=1S/C23H24N2O5/c1-23(2,3)30-22(26)15-17-14-16(10-12-24-17)11-13-29-21-9-8-20(25(27)28)18-6-4-5-7-19(18)21/h4-10,12,14H,11,13,15H2,1-3H3. The first kappa shape index (κ1) is 21.2. The highest BCUT2D eigenvalue weighted by Crippen LogP contribution is 2.32. The van der Waals surface area contributed by atoms with E-state index in [4.69, 9.17) is 9.47 Å². The molecule has 0 spiro atoms. The molecule has 0 aliphatic rings. The number of esters is 1. The third-order valence-corrected chi connectivity index (χ3v) is 4.33. The molecule has 3 rings (SSSR count). The predicted octanol–water partition coefficient (Wildman–Crippen LogP) is 4.65. The molecule has 0 amide bonds. The highest BCUT2D eigenvalue weighted by atomic mass is 16.6. The van der Waals surface area contributed by atoms with Gasteiger partial charge in [-0.3, -0.25) is 19.9 Å². The summed E-state index contributed by atoms with van der Waals surface area (Å²) < 4.78 is 11.2. The molecule has 7 heteroatoms. The molecule has 1 heterocycles. The van der Waals surface area contributed by atoms with E-state index < -0.39 is 10.5 Å². The van der Waals surface area contributed by atoms with Crippen LogP contribution in [0.1, 0.15) is 32.0 Å². The van der Waals surface area contributed by atoms with Gasteiger partial charge >= 0.3 is 5.97 Å². The summed E-state index contributed by atoms with van der Waals surface area (Å²) in [6, 6.07) is 13.9. The molecule has 0 saturated heterocycles. The Hall–Kier alpha value is -3.48. The Morgan fingerprint density at radius 2 is 1.83 bits per heavy atom. The van der Waals surface area contributed by atoms with E-state index in [1.165, 1.54) is 6.07 Å². The molecule has 2 aromatic carbocycles. The molecule has 3 aromatic rings. The fraction of sp³-hybridized carbons (Fsp3) is 0.304. The molecule has 30 heavy (non-hydrogen) atoms. The molecule has 7 nitrogen and oxygen atoms in total. The lowest BCUT2D eigenvalue weighted by molar-refractivity contribution is -0.383. The van der Waals surface area contributed by atoms with Gasteiger partial charge in [-0.15, -0.1) is 0 Å². The van der Waals surface area contributed by atoms with Gasteiger partial charge in [0.2, 0.25) is 0 Å². The van der Waals surface area contributed by atoms with Gasteiger partial charge in [0.15, 0.2) is 0 Å². The van der Waals surface area contributed by atoms with Gasteiger partial charge in [-0.1, -0.05) is 18.2 Å². The van der Waals surface area contributed by atoms with Gasteiger partial charge in [-0.25, -0.2) is 0 Å². The summed E-state index contributed by atoms with van der Waals surface area (Å²) in [6.07, 6.45) is 2.38. The Balaban J connectivity index is 1.66. The Morgan fingerprint density at radius 1 is 1.10 bits per heavy atom. The number of carbonyl (C=O) groups is 1. The fourth-order valence-electron chi connectivity index (χ4n) is 3.13. The van der Waals surface area contributed by atoms with Gasteiger partial charge in [-0.2, -0.15) is 0 Å². The number of ether oxygens (including phenoxy) is 2. The van der Waals surface area contributed by atoms with E-state index in [1.54, 1.807) is 24.4 Å². The van der Waals surface area contributed by atoms with E-state index in [0.29, 0.717) is 35.2 Å². The van der Waals surface area contributed by atoms with Crippen LogP contribution in [0.5, 0.6) is 5.75 Å². The van der Waals surface area contributed by atoms with Crippen LogP contribution in [0.4, 0.5) is 5.69 Å². The van der Waals surface area contributed by atoms with Crippen molar-refractivity contribution in [2.75, 3.05) is 6.61 Å². The number of fused-ring (bicyclic) bond motifs is 1. The molecular formula is C23H24N2O5. The van der Waals surface area contributed by atoms with Crippen molar-refractivity contribution in [3.05, 3.63) is 76.1 Å². The summed E-state index contributed by atoms with van der Waals surface area (Å²) in [5, 5.41) is 12.5. The van der Waals surface area contributed by atoms with E-state index in [0.717, 1.165) is 5.56 Å². The minimum atomic E-state index is -0.532. The SMILES string of the molecule is CC(C)(C)OC(=O)Cc1cc(CCOc2ccc([N+](=O)[O-])c3ccccc23)ccn1. The Labute approximate surface area is 174 Å². The lowest BCUT2D eigenvalue weighted by Gasteiger charge is -2.19.